The Hall–Kier alpha value is -2.70. The normalized spacial score (nSPS) is 16.4. The minimum atomic E-state index is -0.422. The van der Waals surface area contributed by atoms with Crippen LogP contribution in [0.2, 0.25) is 5.02 Å². The number of aromatic nitrogens is 1. The van der Waals surface area contributed by atoms with Crippen molar-refractivity contribution in [1.29, 1.82) is 0 Å². The minimum absolute atomic E-state index is 0.0973. The van der Waals surface area contributed by atoms with E-state index in [1.54, 1.807) is 28.4 Å². The van der Waals surface area contributed by atoms with Crippen LogP contribution >= 0.6 is 22.9 Å². The number of hydrogen-bond donors (Lipinski definition) is 1. The van der Waals surface area contributed by atoms with E-state index in [0.717, 1.165) is 16.3 Å². The minimum Gasteiger partial charge on any atom is -0.326 e. The van der Waals surface area contributed by atoms with Crippen molar-refractivity contribution in [3.8, 4) is 11.3 Å². The molecule has 2 aromatic carbocycles. The summed E-state index contributed by atoms with van der Waals surface area (Å²) in [7, 11) is 0. The molecule has 142 valence electrons. The van der Waals surface area contributed by atoms with Gasteiger partial charge in [-0.05, 0) is 31.2 Å². The molecule has 28 heavy (non-hydrogen) atoms. The van der Waals surface area contributed by atoms with Crippen LogP contribution in [0.25, 0.3) is 11.3 Å². The Morgan fingerprint density at radius 1 is 1.25 bits per heavy atom. The first kappa shape index (κ1) is 18.7. The fraction of sp³-hybridized carbons (Fsp3) is 0.190. The monoisotopic (exact) mass is 411 g/mol. The highest BCUT2D eigenvalue weighted by Gasteiger charge is 2.35. The van der Waals surface area contributed by atoms with Crippen LogP contribution in [-0.2, 0) is 9.59 Å². The van der Waals surface area contributed by atoms with E-state index in [-0.39, 0.29) is 18.2 Å². The zero-order valence-corrected chi connectivity index (χ0v) is 16.8. The van der Waals surface area contributed by atoms with Crippen LogP contribution in [0.1, 0.15) is 11.4 Å². The first-order valence-electron chi connectivity index (χ1n) is 8.89. The van der Waals surface area contributed by atoms with Crippen molar-refractivity contribution in [1.82, 2.24) is 4.98 Å². The zero-order valence-electron chi connectivity index (χ0n) is 15.2. The van der Waals surface area contributed by atoms with Gasteiger partial charge in [0.1, 0.15) is 0 Å². The second kappa shape index (κ2) is 7.73. The van der Waals surface area contributed by atoms with E-state index in [0.29, 0.717) is 22.9 Å². The molecular weight excluding hydrogens is 394 g/mol. The molecule has 2 heterocycles. The molecular formula is C21H18ClN3O2S. The summed E-state index contributed by atoms with van der Waals surface area (Å²) in [5.41, 5.74) is 3.17. The van der Waals surface area contributed by atoms with Gasteiger partial charge in [-0.2, -0.15) is 0 Å². The van der Waals surface area contributed by atoms with Gasteiger partial charge in [0.25, 0.3) is 0 Å². The van der Waals surface area contributed by atoms with Crippen LogP contribution in [0.3, 0.4) is 0 Å². The average molecular weight is 412 g/mol. The Balaban J connectivity index is 1.47. The van der Waals surface area contributed by atoms with Crippen LogP contribution < -0.4 is 10.2 Å². The molecule has 1 unspecified atom stereocenters. The Bertz CT molecular complexity index is 1050. The number of benzene rings is 2. The number of carbonyl (C=O) groups excluding carboxylic acids is 2. The van der Waals surface area contributed by atoms with Crippen LogP contribution in [0.4, 0.5) is 11.4 Å². The van der Waals surface area contributed by atoms with E-state index in [1.807, 2.05) is 48.7 Å². The number of nitrogens with one attached hydrogen (secondary N) is 1. The topological polar surface area (TPSA) is 62.3 Å². The highest BCUT2D eigenvalue weighted by atomic mass is 35.5. The van der Waals surface area contributed by atoms with Gasteiger partial charge in [-0.3, -0.25) is 9.59 Å². The lowest BCUT2D eigenvalue weighted by molar-refractivity contribution is -0.122. The summed E-state index contributed by atoms with van der Waals surface area (Å²) >= 11 is 7.79. The lowest BCUT2D eigenvalue weighted by Gasteiger charge is -2.18. The second-order valence-electron chi connectivity index (χ2n) is 6.68. The summed E-state index contributed by atoms with van der Waals surface area (Å²) in [6.45, 7) is 2.28. The van der Waals surface area contributed by atoms with Crippen molar-refractivity contribution in [2.75, 3.05) is 16.8 Å². The Kier molecular flexibility index (Phi) is 5.15. The summed E-state index contributed by atoms with van der Waals surface area (Å²) < 4.78 is 0. The highest BCUT2D eigenvalue weighted by Crippen LogP contribution is 2.31. The van der Waals surface area contributed by atoms with E-state index in [4.69, 9.17) is 11.6 Å². The SMILES string of the molecule is Cc1nc(-c2cccc(NC(=O)C3CC(=O)N(c4ccccc4Cl)C3)c2)cs1. The van der Waals surface area contributed by atoms with E-state index < -0.39 is 5.92 Å². The largest absolute Gasteiger partial charge is 0.326 e. The van der Waals surface area contributed by atoms with Crippen LogP contribution in [-0.4, -0.2) is 23.3 Å². The maximum atomic E-state index is 12.7. The fourth-order valence-corrected chi connectivity index (χ4v) is 4.14. The second-order valence-corrected chi connectivity index (χ2v) is 8.15. The summed E-state index contributed by atoms with van der Waals surface area (Å²) in [4.78, 5) is 31.2. The first-order chi connectivity index (χ1) is 13.5. The van der Waals surface area contributed by atoms with E-state index in [2.05, 4.69) is 10.3 Å². The van der Waals surface area contributed by atoms with Gasteiger partial charge in [-0.15, -0.1) is 11.3 Å². The maximum Gasteiger partial charge on any atom is 0.229 e. The van der Waals surface area contributed by atoms with Gasteiger partial charge in [0, 0.05) is 29.6 Å². The number of hydrogen-bond acceptors (Lipinski definition) is 4. The van der Waals surface area contributed by atoms with E-state index >= 15 is 0 Å². The molecule has 1 fully saturated rings. The molecule has 1 aliphatic heterocycles. The third-order valence-corrected chi connectivity index (χ3v) is 5.78. The number of aryl methyl sites for hydroxylation is 1. The van der Waals surface area contributed by atoms with Crippen molar-refractivity contribution in [2.45, 2.75) is 13.3 Å². The summed E-state index contributed by atoms with van der Waals surface area (Å²) in [5, 5.41) is 6.42. The molecule has 0 saturated carbocycles. The molecule has 7 heteroatoms. The predicted octanol–water partition coefficient (Wildman–Crippen LogP) is 4.76. The van der Waals surface area contributed by atoms with E-state index in [1.165, 1.54) is 0 Å². The van der Waals surface area contributed by atoms with Crippen molar-refractivity contribution < 1.29 is 9.59 Å². The zero-order chi connectivity index (χ0) is 19.7. The number of amides is 2. The predicted molar refractivity (Wildman–Crippen MR) is 113 cm³/mol. The number of para-hydroxylation sites is 1. The Morgan fingerprint density at radius 3 is 2.82 bits per heavy atom. The number of rotatable bonds is 4. The van der Waals surface area contributed by atoms with Crippen molar-refractivity contribution >= 4 is 46.1 Å². The van der Waals surface area contributed by atoms with Gasteiger partial charge in [0.2, 0.25) is 11.8 Å². The molecule has 3 aromatic rings. The molecule has 1 aromatic heterocycles. The van der Waals surface area contributed by atoms with Gasteiger partial charge in [-0.25, -0.2) is 4.98 Å². The molecule has 1 N–H and O–H groups in total. The summed E-state index contributed by atoms with van der Waals surface area (Å²) in [6, 6.07) is 14.8. The molecule has 4 rings (SSSR count). The summed E-state index contributed by atoms with van der Waals surface area (Å²) in [6.07, 6.45) is 0.169. The number of carbonyl (C=O) groups is 2. The van der Waals surface area contributed by atoms with Crippen LogP contribution in [0, 0.1) is 12.8 Å². The van der Waals surface area contributed by atoms with Gasteiger partial charge in [-0.1, -0.05) is 35.9 Å². The number of nitrogens with zero attached hydrogens (tertiary/aromatic N) is 2. The van der Waals surface area contributed by atoms with Crippen molar-refractivity contribution in [3.63, 3.8) is 0 Å². The van der Waals surface area contributed by atoms with Gasteiger partial charge >= 0.3 is 0 Å². The van der Waals surface area contributed by atoms with E-state index in [9.17, 15) is 9.59 Å². The third kappa shape index (κ3) is 3.79. The van der Waals surface area contributed by atoms with Gasteiger partial charge in [0.15, 0.2) is 0 Å². The molecule has 2 amide bonds. The van der Waals surface area contributed by atoms with Gasteiger partial charge in [0.05, 0.1) is 27.3 Å². The quantitative estimate of drug-likeness (QED) is 0.673. The number of thiazole rings is 1. The molecule has 0 spiro atoms. The molecule has 0 radical (unpaired) electrons. The third-order valence-electron chi connectivity index (χ3n) is 4.68. The molecule has 1 aliphatic rings. The van der Waals surface area contributed by atoms with Crippen molar-refractivity contribution in [2.24, 2.45) is 5.92 Å². The highest BCUT2D eigenvalue weighted by molar-refractivity contribution is 7.09. The van der Waals surface area contributed by atoms with Crippen LogP contribution in [0.15, 0.2) is 53.9 Å². The standard InChI is InChI=1S/C21H18ClN3O2S/c1-13-23-18(12-28-13)14-5-4-6-16(9-14)24-21(27)15-10-20(26)25(11-15)19-8-3-2-7-17(19)22/h2-9,12,15H,10-11H2,1H3,(H,24,27). The number of halogens is 1. The lowest BCUT2D eigenvalue weighted by atomic mass is 10.1. The van der Waals surface area contributed by atoms with Crippen LogP contribution in [0.5, 0.6) is 0 Å². The first-order valence-corrected chi connectivity index (χ1v) is 10.2. The lowest BCUT2D eigenvalue weighted by Crippen LogP contribution is -2.28. The Morgan fingerprint density at radius 2 is 2.07 bits per heavy atom. The fourth-order valence-electron chi connectivity index (χ4n) is 3.28. The molecule has 5 nitrogen and oxygen atoms in total. The van der Waals surface area contributed by atoms with Gasteiger partial charge < -0.3 is 10.2 Å². The van der Waals surface area contributed by atoms with Crippen molar-refractivity contribution in [3.05, 3.63) is 63.9 Å². The maximum absolute atomic E-state index is 12.7. The molecule has 1 saturated heterocycles. The average Bonchev–Trinajstić information content (AvgIpc) is 3.28. The summed E-state index contributed by atoms with van der Waals surface area (Å²) in [5.74, 6) is -0.691. The molecule has 1 atom stereocenters. The molecule has 0 aliphatic carbocycles. The Labute approximate surface area is 172 Å². The molecule has 0 bridgehead atoms. The smallest absolute Gasteiger partial charge is 0.229 e. The number of anilines is 2.